The molecule has 0 amide bonds. The van der Waals surface area contributed by atoms with Gasteiger partial charge in [-0.25, -0.2) is 0 Å². The zero-order valence-electron chi connectivity index (χ0n) is 14.0. The Morgan fingerprint density at radius 1 is 1.29 bits per heavy atom. The van der Waals surface area contributed by atoms with Gasteiger partial charge in [0.15, 0.2) is 11.5 Å². The van der Waals surface area contributed by atoms with Gasteiger partial charge in [0.1, 0.15) is 6.10 Å². The first-order valence-electron chi connectivity index (χ1n) is 8.02. The van der Waals surface area contributed by atoms with Crippen LogP contribution in [0.2, 0.25) is 0 Å². The highest BCUT2D eigenvalue weighted by molar-refractivity contribution is 5.43. The van der Waals surface area contributed by atoms with Crippen molar-refractivity contribution in [3.05, 3.63) is 23.8 Å². The molecule has 1 aromatic carbocycles. The summed E-state index contributed by atoms with van der Waals surface area (Å²) in [5.41, 5.74) is 1.53. The lowest BCUT2D eigenvalue weighted by molar-refractivity contribution is 0.0387. The quantitative estimate of drug-likeness (QED) is 0.895. The minimum absolute atomic E-state index is 0.195. The van der Waals surface area contributed by atoms with Gasteiger partial charge in [0.2, 0.25) is 0 Å². The first kappa shape index (κ1) is 16.2. The SMILES string of the molecule is CCc1ccc(OC2CCCC(C)(C)C2NC)c(OC)c1. The van der Waals surface area contributed by atoms with Crippen molar-refractivity contribution in [1.82, 2.24) is 5.32 Å². The first-order chi connectivity index (χ1) is 10.0. The molecule has 2 rings (SSSR count). The summed E-state index contributed by atoms with van der Waals surface area (Å²) in [6.07, 6.45) is 4.75. The Bertz CT molecular complexity index is 470. The van der Waals surface area contributed by atoms with Crippen LogP contribution in [0, 0.1) is 5.41 Å². The van der Waals surface area contributed by atoms with E-state index in [0.717, 1.165) is 24.3 Å². The lowest BCUT2D eigenvalue weighted by Crippen LogP contribution is -2.53. The summed E-state index contributed by atoms with van der Waals surface area (Å²) in [6.45, 7) is 6.79. The van der Waals surface area contributed by atoms with E-state index < -0.39 is 0 Å². The fraction of sp³-hybridized carbons (Fsp3) is 0.667. The molecule has 0 spiro atoms. The Morgan fingerprint density at radius 2 is 2.05 bits per heavy atom. The van der Waals surface area contributed by atoms with Gasteiger partial charge in [0, 0.05) is 6.04 Å². The molecule has 0 heterocycles. The summed E-state index contributed by atoms with van der Waals surface area (Å²) in [7, 11) is 3.74. The van der Waals surface area contributed by atoms with Gasteiger partial charge in [0.05, 0.1) is 7.11 Å². The second-order valence-electron chi connectivity index (χ2n) is 6.64. The molecule has 3 nitrogen and oxygen atoms in total. The van der Waals surface area contributed by atoms with Crippen molar-refractivity contribution in [2.24, 2.45) is 5.41 Å². The number of methoxy groups -OCH3 is 1. The lowest BCUT2D eigenvalue weighted by Gasteiger charge is -2.43. The third kappa shape index (κ3) is 3.52. The van der Waals surface area contributed by atoms with Crippen LogP contribution < -0.4 is 14.8 Å². The molecule has 21 heavy (non-hydrogen) atoms. The standard InChI is InChI=1S/C18H29NO2/c1-6-13-9-10-14(16(12-13)20-5)21-15-8-7-11-18(2,3)17(15)19-4/h9-10,12,15,17,19H,6-8,11H2,1-5H3. The Morgan fingerprint density at radius 3 is 2.67 bits per heavy atom. The van der Waals surface area contributed by atoms with Gasteiger partial charge in [-0.2, -0.15) is 0 Å². The van der Waals surface area contributed by atoms with Gasteiger partial charge in [-0.15, -0.1) is 0 Å². The summed E-state index contributed by atoms with van der Waals surface area (Å²) in [6, 6.07) is 6.62. The van der Waals surface area contributed by atoms with E-state index in [0.29, 0.717) is 6.04 Å². The number of hydrogen-bond acceptors (Lipinski definition) is 3. The number of rotatable bonds is 5. The van der Waals surface area contributed by atoms with Crippen molar-refractivity contribution in [3.63, 3.8) is 0 Å². The second kappa shape index (κ2) is 6.69. The van der Waals surface area contributed by atoms with E-state index in [4.69, 9.17) is 9.47 Å². The predicted molar refractivity (Wildman–Crippen MR) is 87.3 cm³/mol. The molecule has 0 aromatic heterocycles. The molecule has 0 aliphatic heterocycles. The van der Waals surface area contributed by atoms with E-state index in [1.54, 1.807) is 7.11 Å². The molecule has 2 unspecified atom stereocenters. The molecule has 3 heteroatoms. The molecule has 1 N–H and O–H groups in total. The summed E-state index contributed by atoms with van der Waals surface area (Å²) < 4.78 is 11.8. The van der Waals surface area contributed by atoms with Crippen LogP contribution in [-0.4, -0.2) is 26.3 Å². The monoisotopic (exact) mass is 291 g/mol. The Labute approximate surface area is 129 Å². The van der Waals surface area contributed by atoms with Crippen LogP contribution in [-0.2, 0) is 6.42 Å². The molecule has 118 valence electrons. The molecule has 2 atom stereocenters. The highest BCUT2D eigenvalue weighted by Crippen LogP contribution is 2.39. The van der Waals surface area contributed by atoms with Crippen LogP contribution in [0.1, 0.15) is 45.6 Å². The fourth-order valence-corrected chi connectivity index (χ4v) is 3.48. The predicted octanol–water partition coefficient (Wildman–Crippen LogP) is 3.80. The highest BCUT2D eigenvalue weighted by atomic mass is 16.5. The van der Waals surface area contributed by atoms with Crippen LogP contribution in [0.4, 0.5) is 0 Å². The van der Waals surface area contributed by atoms with Gasteiger partial charge >= 0.3 is 0 Å². The molecule has 1 aliphatic rings. The molecule has 0 radical (unpaired) electrons. The number of benzene rings is 1. The van der Waals surface area contributed by atoms with E-state index in [2.05, 4.69) is 38.2 Å². The van der Waals surface area contributed by atoms with Gasteiger partial charge in [-0.1, -0.05) is 26.8 Å². The molecule has 0 bridgehead atoms. The highest BCUT2D eigenvalue weighted by Gasteiger charge is 2.39. The zero-order valence-corrected chi connectivity index (χ0v) is 14.0. The topological polar surface area (TPSA) is 30.5 Å². The van der Waals surface area contributed by atoms with Crippen LogP contribution in [0.15, 0.2) is 18.2 Å². The smallest absolute Gasteiger partial charge is 0.161 e. The number of aryl methyl sites for hydroxylation is 1. The molecular formula is C18H29NO2. The van der Waals surface area contributed by atoms with Crippen molar-refractivity contribution in [2.45, 2.75) is 58.6 Å². The molecule has 1 saturated carbocycles. The fourth-order valence-electron chi connectivity index (χ4n) is 3.48. The Kier molecular flexibility index (Phi) is 5.15. The van der Waals surface area contributed by atoms with Gasteiger partial charge in [-0.3, -0.25) is 0 Å². The number of hydrogen-bond donors (Lipinski definition) is 1. The van der Waals surface area contributed by atoms with E-state index in [1.165, 1.54) is 18.4 Å². The van der Waals surface area contributed by atoms with Crippen molar-refractivity contribution in [3.8, 4) is 11.5 Å². The molecule has 0 saturated heterocycles. The van der Waals surface area contributed by atoms with Crippen molar-refractivity contribution >= 4 is 0 Å². The van der Waals surface area contributed by atoms with Crippen molar-refractivity contribution in [1.29, 1.82) is 0 Å². The van der Waals surface area contributed by atoms with Crippen molar-refractivity contribution < 1.29 is 9.47 Å². The van der Waals surface area contributed by atoms with E-state index in [1.807, 2.05) is 13.1 Å². The average molecular weight is 291 g/mol. The largest absolute Gasteiger partial charge is 0.493 e. The third-order valence-corrected chi connectivity index (χ3v) is 4.75. The number of nitrogens with one attached hydrogen (secondary N) is 1. The molecule has 1 aromatic rings. The minimum Gasteiger partial charge on any atom is -0.493 e. The summed E-state index contributed by atoms with van der Waals surface area (Å²) >= 11 is 0. The van der Waals surface area contributed by atoms with E-state index in [-0.39, 0.29) is 11.5 Å². The van der Waals surface area contributed by atoms with Gasteiger partial charge < -0.3 is 14.8 Å². The second-order valence-corrected chi connectivity index (χ2v) is 6.64. The van der Waals surface area contributed by atoms with Gasteiger partial charge in [-0.05, 0) is 55.8 Å². The van der Waals surface area contributed by atoms with E-state index >= 15 is 0 Å². The summed E-state index contributed by atoms with van der Waals surface area (Å²) in [5.74, 6) is 1.70. The maximum absolute atomic E-state index is 6.33. The molecular weight excluding hydrogens is 262 g/mol. The van der Waals surface area contributed by atoms with Crippen molar-refractivity contribution in [2.75, 3.05) is 14.2 Å². The molecule has 1 fully saturated rings. The Balaban J connectivity index is 2.20. The van der Waals surface area contributed by atoms with Crippen LogP contribution in [0.25, 0.3) is 0 Å². The van der Waals surface area contributed by atoms with E-state index in [9.17, 15) is 0 Å². The first-order valence-corrected chi connectivity index (χ1v) is 8.02. The average Bonchev–Trinajstić information content (AvgIpc) is 2.47. The maximum Gasteiger partial charge on any atom is 0.161 e. The normalized spacial score (nSPS) is 24.6. The van der Waals surface area contributed by atoms with Crippen LogP contribution in [0.5, 0.6) is 11.5 Å². The minimum atomic E-state index is 0.195. The van der Waals surface area contributed by atoms with Crippen LogP contribution in [0.3, 0.4) is 0 Å². The molecule has 1 aliphatic carbocycles. The van der Waals surface area contributed by atoms with Gasteiger partial charge in [0.25, 0.3) is 0 Å². The summed E-state index contributed by atoms with van der Waals surface area (Å²) in [4.78, 5) is 0. The van der Waals surface area contributed by atoms with Crippen LogP contribution >= 0.6 is 0 Å². The third-order valence-electron chi connectivity index (χ3n) is 4.75. The zero-order chi connectivity index (χ0) is 15.5. The number of ether oxygens (including phenoxy) is 2. The number of likely N-dealkylation sites (N-methyl/N-ethyl adjacent to an activating group) is 1. The summed E-state index contributed by atoms with van der Waals surface area (Å²) in [5, 5.41) is 3.46. The lowest BCUT2D eigenvalue weighted by atomic mass is 9.72. The Hall–Kier alpha value is -1.22. The maximum atomic E-state index is 6.33.